The second-order valence-corrected chi connectivity index (χ2v) is 5.63. The molecule has 2 heterocycles. The number of carbonyl (C=O) groups excluding carboxylic acids is 1. The van der Waals surface area contributed by atoms with Gasteiger partial charge in [-0.25, -0.2) is 4.99 Å². The predicted octanol–water partition coefficient (Wildman–Crippen LogP) is 0.554. The lowest BCUT2D eigenvalue weighted by atomic mass is 10.1. The second kappa shape index (κ2) is 6.12. The molecule has 1 amide bonds. The average Bonchev–Trinajstić information content (AvgIpc) is 2.84. The maximum Gasteiger partial charge on any atom is 0.251 e. The Labute approximate surface area is 125 Å². The van der Waals surface area contributed by atoms with E-state index >= 15 is 0 Å². The standard InChI is InChI=1S/C17H21N3O/c1-2-3-9-14-17(21)20-11-10-18-15(16(20)19-14)12-13-7-5-4-6-8-13/h4-8,10,14,19H,2-3,9,11-12H2,1H3/p+1. The van der Waals surface area contributed by atoms with E-state index in [1.165, 1.54) is 5.56 Å². The summed E-state index contributed by atoms with van der Waals surface area (Å²) in [4.78, 5) is 17.6. The van der Waals surface area contributed by atoms with Gasteiger partial charge in [-0.05, 0) is 12.0 Å². The van der Waals surface area contributed by atoms with Crippen molar-refractivity contribution < 1.29 is 9.79 Å². The molecule has 110 valence electrons. The first-order valence-corrected chi connectivity index (χ1v) is 7.72. The second-order valence-electron chi connectivity index (χ2n) is 5.63. The van der Waals surface area contributed by atoms with Crippen LogP contribution >= 0.6 is 0 Å². The maximum atomic E-state index is 12.4. The molecule has 21 heavy (non-hydrogen) atoms. The Morgan fingerprint density at radius 2 is 2.14 bits per heavy atom. The fourth-order valence-electron chi connectivity index (χ4n) is 2.90. The van der Waals surface area contributed by atoms with Crippen molar-refractivity contribution in [2.45, 2.75) is 38.6 Å². The van der Waals surface area contributed by atoms with E-state index in [0.29, 0.717) is 6.54 Å². The molecule has 0 spiro atoms. The number of allylic oxidation sites excluding steroid dienone is 1. The number of nitrogens with zero attached hydrogens (tertiary/aromatic N) is 1. The van der Waals surface area contributed by atoms with Crippen molar-refractivity contribution in [1.29, 1.82) is 0 Å². The van der Waals surface area contributed by atoms with E-state index in [0.717, 1.165) is 37.2 Å². The highest BCUT2D eigenvalue weighted by Gasteiger charge is 2.39. The molecule has 1 saturated heterocycles. The quantitative estimate of drug-likeness (QED) is 0.830. The van der Waals surface area contributed by atoms with Crippen molar-refractivity contribution in [3.8, 4) is 0 Å². The predicted molar refractivity (Wildman–Crippen MR) is 82.4 cm³/mol. The molecule has 2 aliphatic heterocycles. The molecule has 1 aromatic carbocycles. The summed E-state index contributed by atoms with van der Waals surface area (Å²) < 4.78 is 0. The highest BCUT2D eigenvalue weighted by Crippen LogP contribution is 2.20. The molecule has 0 radical (unpaired) electrons. The number of fused-ring (bicyclic) bond motifs is 1. The Morgan fingerprint density at radius 3 is 2.90 bits per heavy atom. The zero-order valence-corrected chi connectivity index (χ0v) is 12.4. The minimum Gasteiger partial charge on any atom is -0.354 e. The number of hydrogen-bond donors (Lipinski definition) is 2. The number of carbonyl (C=O) groups is 1. The minimum absolute atomic E-state index is 0.0565. The van der Waals surface area contributed by atoms with Crippen LogP contribution in [-0.4, -0.2) is 29.6 Å². The van der Waals surface area contributed by atoms with Crippen LogP contribution in [-0.2, 0) is 11.2 Å². The number of rotatable bonds is 5. The fraction of sp³-hybridized carbons (Fsp3) is 0.412. The molecule has 3 rings (SSSR count). The van der Waals surface area contributed by atoms with Crippen LogP contribution in [0.25, 0.3) is 0 Å². The van der Waals surface area contributed by atoms with Gasteiger partial charge in [0.2, 0.25) is 5.70 Å². The summed E-state index contributed by atoms with van der Waals surface area (Å²) in [5.41, 5.74) is 2.33. The lowest BCUT2D eigenvalue weighted by Crippen LogP contribution is -2.72. The van der Waals surface area contributed by atoms with Gasteiger partial charge in [-0.2, -0.15) is 0 Å². The monoisotopic (exact) mass is 284 g/mol. The van der Waals surface area contributed by atoms with E-state index in [2.05, 4.69) is 29.4 Å². The molecule has 1 unspecified atom stereocenters. The highest BCUT2D eigenvalue weighted by atomic mass is 16.2. The number of hydrogen-bond acceptors (Lipinski definition) is 2. The van der Waals surface area contributed by atoms with Crippen LogP contribution in [0.1, 0.15) is 31.7 Å². The first-order chi connectivity index (χ1) is 10.3. The van der Waals surface area contributed by atoms with Crippen molar-refractivity contribution in [2.75, 3.05) is 6.54 Å². The summed E-state index contributed by atoms with van der Waals surface area (Å²) in [6.07, 6.45) is 5.88. The van der Waals surface area contributed by atoms with E-state index in [1.807, 2.05) is 29.3 Å². The Morgan fingerprint density at radius 1 is 1.33 bits per heavy atom. The molecule has 2 aliphatic rings. The topological polar surface area (TPSA) is 46.3 Å². The zero-order valence-electron chi connectivity index (χ0n) is 12.4. The average molecular weight is 284 g/mol. The van der Waals surface area contributed by atoms with E-state index in [1.54, 1.807) is 0 Å². The molecule has 0 saturated carbocycles. The third-order valence-electron chi connectivity index (χ3n) is 4.05. The van der Waals surface area contributed by atoms with E-state index in [4.69, 9.17) is 0 Å². The Balaban J connectivity index is 1.81. The van der Waals surface area contributed by atoms with Crippen molar-refractivity contribution in [3.05, 3.63) is 47.4 Å². The number of amides is 1. The van der Waals surface area contributed by atoms with Crippen LogP contribution in [0.15, 0.2) is 41.8 Å². The van der Waals surface area contributed by atoms with E-state index in [-0.39, 0.29) is 11.9 Å². The summed E-state index contributed by atoms with van der Waals surface area (Å²) in [7, 11) is 0. The van der Waals surface area contributed by atoms with Crippen LogP contribution in [0, 0.1) is 0 Å². The molecule has 4 nitrogen and oxygen atoms in total. The van der Waals surface area contributed by atoms with Gasteiger partial charge >= 0.3 is 0 Å². The molecular formula is C17H22N3O+. The SMILES string of the molecule is CCCCC1NC2=C(Cc3ccccc3)[NH+]=CCN2C1=O. The van der Waals surface area contributed by atoms with E-state index < -0.39 is 0 Å². The third-order valence-corrected chi connectivity index (χ3v) is 4.05. The number of nitrogens with one attached hydrogen (secondary N) is 2. The van der Waals surface area contributed by atoms with Gasteiger partial charge in [0.1, 0.15) is 12.6 Å². The maximum absolute atomic E-state index is 12.4. The summed E-state index contributed by atoms with van der Waals surface area (Å²) in [6.45, 7) is 2.80. The van der Waals surface area contributed by atoms with Gasteiger partial charge in [0.05, 0.1) is 6.42 Å². The number of unbranched alkanes of at least 4 members (excludes halogenated alkanes) is 1. The third kappa shape index (κ3) is 2.84. The van der Waals surface area contributed by atoms with Crippen molar-refractivity contribution in [1.82, 2.24) is 10.2 Å². The smallest absolute Gasteiger partial charge is 0.251 e. The lowest BCUT2D eigenvalue weighted by molar-refractivity contribution is -0.401. The fourth-order valence-corrected chi connectivity index (χ4v) is 2.90. The van der Waals surface area contributed by atoms with Crippen LogP contribution in [0.2, 0.25) is 0 Å². The van der Waals surface area contributed by atoms with Crippen molar-refractivity contribution >= 4 is 12.1 Å². The summed E-state index contributed by atoms with van der Waals surface area (Å²) in [6, 6.07) is 10.3. The molecule has 0 aromatic heterocycles. The van der Waals surface area contributed by atoms with Gasteiger partial charge in [0, 0.05) is 0 Å². The van der Waals surface area contributed by atoms with Gasteiger partial charge in [0.25, 0.3) is 5.91 Å². The highest BCUT2D eigenvalue weighted by molar-refractivity contribution is 5.88. The summed E-state index contributed by atoms with van der Waals surface area (Å²) in [5.74, 6) is 1.18. The van der Waals surface area contributed by atoms with Crippen LogP contribution in [0.5, 0.6) is 0 Å². The van der Waals surface area contributed by atoms with Gasteiger partial charge in [-0.15, -0.1) is 0 Å². The van der Waals surface area contributed by atoms with E-state index in [9.17, 15) is 4.79 Å². The molecule has 0 bridgehead atoms. The summed E-state index contributed by atoms with van der Waals surface area (Å²) >= 11 is 0. The first-order valence-electron chi connectivity index (χ1n) is 7.72. The lowest BCUT2D eigenvalue weighted by Gasteiger charge is -2.16. The van der Waals surface area contributed by atoms with Crippen LogP contribution < -0.4 is 10.3 Å². The van der Waals surface area contributed by atoms with Gasteiger partial charge in [-0.3, -0.25) is 9.69 Å². The van der Waals surface area contributed by atoms with Gasteiger partial charge in [-0.1, -0.05) is 50.1 Å². The largest absolute Gasteiger partial charge is 0.354 e. The Kier molecular flexibility index (Phi) is 4.04. The molecule has 0 aliphatic carbocycles. The molecule has 1 atom stereocenters. The minimum atomic E-state index is -0.0565. The van der Waals surface area contributed by atoms with Gasteiger partial charge in [0.15, 0.2) is 12.0 Å². The normalized spacial score (nSPS) is 20.7. The molecule has 2 N–H and O–H groups in total. The van der Waals surface area contributed by atoms with Crippen LogP contribution in [0.3, 0.4) is 0 Å². The summed E-state index contributed by atoms with van der Waals surface area (Å²) in [5, 5.41) is 3.42. The number of benzene rings is 1. The molecule has 1 aromatic rings. The molecule has 4 heteroatoms. The van der Waals surface area contributed by atoms with Crippen LogP contribution in [0.4, 0.5) is 0 Å². The molecular weight excluding hydrogens is 262 g/mol. The molecule has 1 fully saturated rings. The van der Waals surface area contributed by atoms with Crippen molar-refractivity contribution in [2.24, 2.45) is 0 Å². The van der Waals surface area contributed by atoms with Crippen molar-refractivity contribution in [3.63, 3.8) is 0 Å². The Bertz CT molecular complexity index is 577. The first kappa shape index (κ1) is 13.9. The Hall–Kier alpha value is -2.10. The zero-order chi connectivity index (χ0) is 14.7. The van der Waals surface area contributed by atoms with Gasteiger partial charge < -0.3 is 5.32 Å².